The lowest BCUT2D eigenvalue weighted by atomic mass is 9.95. The van der Waals surface area contributed by atoms with Crippen LogP contribution in [-0.2, 0) is 17.8 Å². The van der Waals surface area contributed by atoms with Gasteiger partial charge in [0.1, 0.15) is 5.01 Å². The highest BCUT2D eigenvalue weighted by molar-refractivity contribution is 7.13. The summed E-state index contributed by atoms with van der Waals surface area (Å²) >= 11 is 1.37. The molecule has 0 spiro atoms. The van der Waals surface area contributed by atoms with Crippen LogP contribution in [0, 0.1) is 5.92 Å². The van der Waals surface area contributed by atoms with Gasteiger partial charge in [0.25, 0.3) is 5.56 Å². The van der Waals surface area contributed by atoms with Gasteiger partial charge >= 0.3 is 5.97 Å². The van der Waals surface area contributed by atoms with Crippen LogP contribution in [-0.4, -0.2) is 22.1 Å². The molecule has 0 aliphatic rings. The van der Waals surface area contributed by atoms with Gasteiger partial charge in [0, 0.05) is 40.7 Å². The van der Waals surface area contributed by atoms with E-state index in [2.05, 4.69) is 18.8 Å². The fourth-order valence-electron chi connectivity index (χ4n) is 4.03. The number of rotatable bonds is 7. The lowest BCUT2D eigenvalue weighted by Crippen LogP contribution is -2.28. The average molecular weight is 462 g/mol. The normalized spacial score (nSPS) is 11.3. The van der Waals surface area contributed by atoms with Crippen molar-refractivity contribution in [3.8, 4) is 21.7 Å². The molecule has 4 rings (SSSR count). The van der Waals surface area contributed by atoms with Gasteiger partial charge in [-0.05, 0) is 35.9 Å². The van der Waals surface area contributed by atoms with E-state index in [1.54, 1.807) is 12.3 Å². The molecule has 4 aromatic rings. The molecular formula is C26H27N3O3S. The Morgan fingerprint density at radius 3 is 2.55 bits per heavy atom. The van der Waals surface area contributed by atoms with Crippen molar-refractivity contribution in [2.24, 2.45) is 11.7 Å². The first kappa shape index (κ1) is 22.9. The molecule has 2 heterocycles. The Kier molecular flexibility index (Phi) is 6.72. The highest BCUT2D eigenvalue weighted by Gasteiger charge is 2.20. The SMILES string of the molecule is CCOC(=O)c1csc(-c2ccc3c(=O)n(CC(C)C)c(CN)c(-c4ccccc4)c3c2)n1. The quantitative estimate of drug-likeness (QED) is 0.388. The number of pyridine rings is 1. The smallest absolute Gasteiger partial charge is 0.357 e. The first-order valence-corrected chi connectivity index (χ1v) is 11.9. The highest BCUT2D eigenvalue weighted by Crippen LogP contribution is 2.34. The van der Waals surface area contributed by atoms with E-state index in [4.69, 9.17) is 10.5 Å². The van der Waals surface area contributed by atoms with E-state index in [0.717, 1.165) is 27.8 Å². The Hall–Kier alpha value is -3.29. The molecule has 0 bridgehead atoms. The molecule has 0 fully saturated rings. The van der Waals surface area contributed by atoms with Gasteiger partial charge < -0.3 is 15.0 Å². The third-order valence-electron chi connectivity index (χ3n) is 5.42. The second-order valence-electron chi connectivity index (χ2n) is 8.22. The zero-order chi connectivity index (χ0) is 23.5. The molecule has 2 N–H and O–H groups in total. The minimum Gasteiger partial charge on any atom is -0.461 e. The zero-order valence-electron chi connectivity index (χ0n) is 19.0. The predicted molar refractivity (Wildman–Crippen MR) is 133 cm³/mol. The van der Waals surface area contributed by atoms with Crippen LogP contribution in [0.2, 0.25) is 0 Å². The summed E-state index contributed by atoms with van der Waals surface area (Å²) in [5.41, 5.74) is 10.1. The Balaban J connectivity index is 1.97. The van der Waals surface area contributed by atoms with E-state index >= 15 is 0 Å². The van der Waals surface area contributed by atoms with Crippen molar-refractivity contribution in [1.82, 2.24) is 9.55 Å². The van der Waals surface area contributed by atoms with Crippen LogP contribution >= 0.6 is 11.3 Å². The maximum atomic E-state index is 13.5. The summed E-state index contributed by atoms with van der Waals surface area (Å²) in [5.74, 6) is -0.141. The lowest BCUT2D eigenvalue weighted by molar-refractivity contribution is 0.0520. The van der Waals surface area contributed by atoms with E-state index in [9.17, 15) is 9.59 Å². The number of thiazole rings is 1. The van der Waals surface area contributed by atoms with E-state index in [1.807, 2.05) is 53.1 Å². The monoisotopic (exact) mass is 461 g/mol. The number of ether oxygens (including phenoxy) is 1. The van der Waals surface area contributed by atoms with Crippen LogP contribution < -0.4 is 11.3 Å². The van der Waals surface area contributed by atoms with E-state index in [-0.39, 0.29) is 17.8 Å². The molecule has 0 amide bonds. The number of nitrogens with zero attached hydrogens (tertiary/aromatic N) is 2. The molecule has 6 nitrogen and oxygen atoms in total. The summed E-state index contributed by atoms with van der Waals surface area (Å²) < 4.78 is 6.88. The fourth-order valence-corrected chi connectivity index (χ4v) is 4.82. The lowest BCUT2D eigenvalue weighted by Gasteiger charge is -2.21. The van der Waals surface area contributed by atoms with Crippen molar-refractivity contribution < 1.29 is 9.53 Å². The van der Waals surface area contributed by atoms with Crippen molar-refractivity contribution in [1.29, 1.82) is 0 Å². The van der Waals surface area contributed by atoms with E-state index in [0.29, 0.717) is 29.5 Å². The number of hydrogen-bond acceptors (Lipinski definition) is 6. The van der Waals surface area contributed by atoms with Gasteiger partial charge in [-0.1, -0.05) is 50.2 Å². The first-order chi connectivity index (χ1) is 15.9. The average Bonchev–Trinajstić information content (AvgIpc) is 3.31. The summed E-state index contributed by atoms with van der Waals surface area (Å²) in [5, 5.41) is 3.86. The minimum absolute atomic E-state index is 0.0447. The van der Waals surface area contributed by atoms with E-state index in [1.165, 1.54) is 11.3 Å². The summed E-state index contributed by atoms with van der Waals surface area (Å²) in [6.45, 7) is 7.08. The molecule has 2 aromatic carbocycles. The van der Waals surface area contributed by atoms with Crippen LogP contribution in [0.1, 0.15) is 37.0 Å². The Morgan fingerprint density at radius 2 is 1.88 bits per heavy atom. The number of aromatic nitrogens is 2. The first-order valence-electron chi connectivity index (χ1n) is 11.0. The van der Waals surface area contributed by atoms with Crippen molar-refractivity contribution in [3.05, 3.63) is 75.7 Å². The van der Waals surface area contributed by atoms with Crippen molar-refractivity contribution >= 4 is 28.1 Å². The molecule has 2 aromatic heterocycles. The Labute approximate surface area is 196 Å². The zero-order valence-corrected chi connectivity index (χ0v) is 19.8. The second-order valence-corrected chi connectivity index (χ2v) is 9.08. The Bertz CT molecular complexity index is 1360. The van der Waals surface area contributed by atoms with Crippen LogP contribution in [0.25, 0.3) is 32.5 Å². The molecule has 170 valence electrons. The third-order valence-corrected chi connectivity index (χ3v) is 6.31. The van der Waals surface area contributed by atoms with E-state index < -0.39 is 5.97 Å². The molecule has 0 unspecified atom stereocenters. The maximum Gasteiger partial charge on any atom is 0.357 e. The van der Waals surface area contributed by atoms with Gasteiger partial charge in [0.05, 0.1) is 6.61 Å². The van der Waals surface area contributed by atoms with Crippen molar-refractivity contribution in [2.45, 2.75) is 33.9 Å². The second kappa shape index (κ2) is 9.68. The number of carbonyl (C=O) groups excluding carboxylic acids is 1. The van der Waals surface area contributed by atoms with Gasteiger partial charge in [-0.3, -0.25) is 4.79 Å². The van der Waals surface area contributed by atoms with Gasteiger partial charge in [-0.25, -0.2) is 9.78 Å². The van der Waals surface area contributed by atoms with Crippen LogP contribution in [0.4, 0.5) is 0 Å². The molecular weight excluding hydrogens is 434 g/mol. The molecule has 0 saturated carbocycles. The standard InChI is InChI=1S/C26H27N3O3S/c1-4-32-26(31)21-15-33-24(28-21)18-10-11-19-20(12-18)23(17-8-6-5-7-9-17)22(13-27)29(25(19)30)14-16(2)3/h5-12,15-16H,4,13-14,27H2,1-3H3. The molecule has 0 aliphatic heterocycles. The summed E-state index contributed by atoms with van der Waals surface area (Å²) in [4.78, 5) is 30.0. The van der Waals surface area contributed by atoms with Crippen LogP contribution in [0.3, 0.4) is 0 Å². The number of nitrogens with two attached hydrogens (primary N) is 1. The third kappa shape index (κ3) is 4.47. The summed E-state index contributed by atoms with van der Waals surface area (Å²) in [6.07, 6.45) is 0. The van der Waals surface area contributed by atoms with Crippen LogP contribution in [0.15, 0.2) is 58.7 Å². The van der Waals surface area contributed by atoms with Crippen LogP contribution in [0.5, 0.6) is 0 Å². The van der Waals surface area contributed by atoms with Gasteiger partial charge in [-0.15, -0.1) is 11.3 Å². The number of fused-ring (bicyclic) bond motifs is 1. The highest BCUT2D eigenvalue weighted by atomic mass is 32.1. The minimum atomic E-state index is -0.437. The van der Waals surface area contributed by atoms with Crippen molar-refractivity contribution in [2.75, 3.05) is 6.61 Å². The molecule has 0 radical (unpaired) electrons. The molecule has 0 aliphatic carbocycles. The molecule has 0 saturated heterocycles. The number of benzene rings is 2. The number of esters is 1. The predicted octanol–water partition coefficient (Wildman–Crippen LogP) is 5.08. The fraction of sp³-hybridized carbons (Fsp3) is 0.269. The van der Waals surface area contributed by atoms with Gasteiger partial charge in [0.2, 0.25) is 0 Å². The summed E-state index contributed by atoms with van der Waals surface area (Å²) in [7, 11) is 0. The summed E-state index contributed by atoms with van der Waals surface area (Å²) in [6, 6.07) is 15.7. The number of hydrogen-bond donors (Lipinski definition) is 1. The Morgan fingerprint density at radius 1 is 1.12 bits per heavy atom. The van der Waals surface area contributed by atoms with Crippen molar-refractivity contribution in [3.63, 3.8) is 0 Å². The maximum absolute atomic E-state index is 13.5. The molecule has 0 atom stereocenters. The van der Waals surface area contributed by atoms with Gasteiger partial charge in [0.15, 0.2) is 5.69 Å². The van der Waals surface area contributed by atoms with Gasteiger partial charge in [-0.2, -0.15) is 0 Å². The largest absolute Gasteiger partial charge is 0.461 e. The topological polar surface area (TPSA) is 87.2 Å². The number of carbonyl (C=O) groups is 1. The molecule has 7 heteroatoms. The molecule has 33 heavy (non-hydrogen) atoms.